The van der Waals surface area contributed by atoms with Gasteiger partial charge in [0.2, 0.25) is 11.8 Å². The minimum atomic E-state index is 0. The number of aromatic nitrogens is 3. The van der Waals surface area contributed by atoms with Crippen LogP contribution in [0.25, 0.3) is 33.6 Å². The van der Waals surface area contributed by atoms with Crippen molar-refractivity contribution in [2.75, 3.05) is 27.3 Å². The normalized spacial score (nSPS) is 14.4. The second kappa shape index (κ2) is 10.1. The van der Waals surface area contributed by atoms with Gasteiger partial charge in [-0.2, -0.15) is 0 Å². The van der Waals surface area contributed by atoms with Crippen molar-refractivity contribution in [1.82, 2.24) is 20.5 Å². The zero-order chi connectivity index (χ0) is 22.9. The van der Waals surface area contributed by atoms with E-state index in [0.29, 0.717) is 29.2 Å². The Labute approximate surface area is 205 Å². The predicted molar refractivity (Wildman–Crippen MR) is 136 cm³/mol. The van der Waals surface area contributed by atoms with Crippen molar-refractivity contribution in [3.8, 4) is 34.2 Å². The highest BCUT2D eigenvalue weighted by Crippen LogP contribution is 2.40. The average molecular weight is 483 g/mol. The maximum Gasteiger partial charge on any atom is 0.247 e. The number of nitrogens with zero attached hydrogens (tertiary/aromatic N) is 2. The molecule has 2 aromatic heterocycles. The molecule has 3 heterocycles. The number of ether oxygens (including phenoxy) is 2. The Morgan fingerprint density at radius 3 is 2.38 bits per heavy atom. The van der Waals surface area contributed by atoms with Crippen LogP contribution in [0.5, 0.6) is 11.5 Å². The summed E-state index contributed by atoms with van der Waals surface area (Å²) in [4.78, 5) is 3.62. The molecule has 0 saturated carbocycles. The summed E-state index contributed by atoms with van der Waals surface area (Å²) in [6.07, 6.45) is 2.06. The number of aromatic amines is 1. The summed E-state index contributed by atoms with van der Waals surface area (Å²) in [6, 6.07) is 12.3. The number of methoxy groups -OCH3 is 2. The van der Waals surface area contributed by atoms with E-state index in [-0.39, 0.29) is 12.4 Å². The van der Waals surface area contributed by atoms with Crippen molar-refractivity contribution in [3.63, 3.8) is 0 Å². The van der Waals surface area contributed by atoms with E-state index in [1.165, 1.54) is 5.56 Å². The summed E-state index contributed by atoms with van der Waals surface area (Å²) in [6.45, 7) is 6.41. The van der Waals surface area contributed by atoms with E-state index in [0.717, 1.165) is 59.5 Å². The molecule has 0 radical (unpaired) electrons. The van der Waals surface area contributed by atoms with Crippen LogP contribution in [0.2, 0.25) is 0 Å². The molecule has 1 fully saturated rings. The van der Waals surface area contributed by atoms with Crippen molar-refractivity contribution in [1.29, 1.82) is 0 Å². The predicted octanol–water partition coefficient (Wildman–Crippen LogP) is 5.91. The maximum atomic E-state index is 6.12. The fourth-order valence-electron chi connectivity index (χ4n) is 4.75. The van der Waals surface area contributed by atoms with Gasteiger partial charge in [0.05, 0.1) is 19.9 Å². The molecule has 180 valence electrons. The number of hydrogen-bond acceptors (Lipinski definition) is 6. The van der Waals surface area contributed by atoms with E-state index in [1.54, 1.807) is 14.2 Å². The summed E-state index contributed by atoms with van der Waals surface area (Å²) in [5, 5.41) is 13.3. The van der Waals surface area contributed by atoms with Crippen LogP contribution < -0.4 is 14.8 Å². The summed E-state index contributed by atoms with van der Waals surface area (Å²) in [5.74, 6) is 3.40. The third-order valence-corrected chi connectivity index (χ3v) is 6.46. The Morgan fingerprint density at radius 1 is 0.941 bits per heavy atom. The van der Waals surface area contributed by atoms with Gasteiger partial charge in [0.1, 0.15) is 0 Å². The molecule has 0 aliphatic carbocycles. The number of benzene rings is 2. The van der Waals surface area contributed by atoms with Crippen molar-refractivity contribution in [2.45, 2.75) is 38.5 Å². The summed E-state index contributed by atoms with van der Waals surface area (Å²) in [7, 11) is 3.31. The third-order valence-electron chi connectivity index (χ3n) is 6.46. The van der Waals surface area contributed by atoms with Crippen LogP contribution in [0.15, 0.2) is 40.8 Å². The van der Waals surface area contributed by atoms with Gasteiger partial charge in [0.15, 0.2) is 11.5 Å². The summed E-state index contributed by atoms with van der Waals surface area (Å²) in [5.41, 5.74) is 5.40. The quantitative estimate of drug-likeness (QED) is 0.355. The van der Waals surface area contributed by atoms with Crippen LogP contribution in [-0.2, 0) is 0 Å². The van der Waals surface area contributed by atoms with Gasteiger partial charge < -0.3 is 24.2 Å². The molecular weight excluding hydrogens is 452 g/mol. The molecule has 4 aromatic rings. The smallest absolute Gasteiger partial charge is 0.247 e. The van der Waals surface area contributed by atoms with Gasteiger partial charge in [-0.05, 0) is 73.8 Å². The molecule has 1 aliphatic rings. The van der Waals surface area contributed by atoms with E-state index in [1.807, 2.05) is 18.2 Å². The number of H-pyrrole nitrogens is 1. The van der Waals surface area contributed by atoms with Gasteiger partial charge in [-0.15, -0.1) is 22.6 Å². The van der Waals surface area contributed by atoms with Crippen LogP contribution >= 0.6 is 12.4 Å². The number of hydrogen-bond donors (Lipinski definition) is 2. The minimum absolute atomic E-state index is 0. The highest BCUT2D eigenvalue weighted by molar-refractivity contribution is 5.94. The molecule has 0 unspecified atom stereocenters. The second-order valence-electron chi connectivity index (χ2n) is 8.87. The largest absolute Gasteiger partial charge is 0.493 e. The van der Waals surface area contributed by atoms with E-state index in [2.05, 4.69) is 52.5 Å². The molecule has 8 heteroatoms. The van der Waals surface area contributed by atoms with E-state index in [9.17, 15) is 0 Å². The van der Waals surface area contributed by atoms with Crippen LogP contribution in [-0.4, -0.2) is 42.5 Å². The maximum absolute atomic E-state index is 6.12. The Balaban J connectivity index is 0.00000274. The Kier molecular flexibility index (Phi) is 7.14. The first kappa shape index (κ1) is 24.1. The molecule has 34 heavy (non-hydrogen) atoms. The monoisotopic (exact) mass is 482 g/mol. The minimum Gasteiger partial charge on any atom is -0.493 e. The van der Waals surface area contributed by atoms with E-state index in [4.69, 9.17) is 13.9 Å². The van der Waals surface area contributed by atoms with Gasteiger partial charge in [0, 0.05) is 27.9 Å². The first-order chi connectivity index (χ1) is 16.1. The van der Waals surface area contributed by atoms with Gasteiger partial charge >= 0.3 is 0 Å². The Bertz CT molecular complexity index is 1270. The number of rotatable bonds is 6. The van der Waals surface area contributed by atoms with Crippen molar-refractivity contribution < 1.29 is 13.9 Å². The van der Waals surface area contributed by atoms with Gasteiger partial charge in [-0.25, -0.2) is 0 Å². The lowest BCUT2D eigenvalue weighted by Crippen LogP contribution is -2.26. The van der Waals surface area contributed by atoms with Crippen molar-refractivity contribution in [3.05, 3.63) is 47.9 Å². The molecule has 0 atom stereocenters. The molecule has 0 bridgehead atoms. The SMILES string of the molecule is COc1ccc(-c2[nH]c3ccc(-c4nnc(C5CCNCC5)o4)cc3c2C(C)C)cc1OC.Cl. The number of halogens is 1. The van der Waals surface area contributed by atoms with Gasteiger partial charge in [-0.1, -0.05) is 13.8 Å². The Morgan fingerprint density at radius 2 is 1.68 bits per heavy atom. The highest BCUT2D eigenvalue weighted by Gasteiger charge is 2.23. The molecule has 1 saturated heterocycles. The lowest BCUT2D eigenvalue weighted by atomic mass is 9.95. The van der Waals surface area contributed by atoms with Crippen LogP contribution in [0.4, 0.5) is 0 Å². The van der Waals surface area contributed by atoms with Crippen molar-refractivity contribution >= 4 is 23.3 Å². The molecule has 0 amide bonds. The zero-order valence-corrected chi connectivity index (χ0v) is 20.8. The average Bonchev–Trinajstić information content (AvgIpc) is 3.49. The standard InChI is InChI=1S/C26H30N4O3.ClH/c1-15(2)23-19-13-18(26-30-29-25(33-26)16-9-11-27-12-10-16)5-7-20(19)28-24(23)17-6-8-21(31-3)22(14-17)32-4;/h5-8,13-16,27-28H,9-12H2,1-4H3;1H. The molecule has 2 N–H and O–H groups in total. The fraction of sp³-hybridized carbons (Fsp3) is 0.385. The molecule has 7 nitrogen and oxygen atoms in total. The van der Waals surface area contributed by atoms with Crippen molar-refractivity contribution in [2.24, 2.45) is 0 Å². The topological polar surface area (TPSA) is 85.2 Å². The van der Waals surface area contributed by atoms with E-state index >= 15 is 0 Å². The van der Waals surface area contributed by atoms with Crippen LogP contribution in [0, 0.1) is 0 Å². The van der Waals surface area contributed by atoms with Crippen LogP contribution in [0.3, 0.4) is 0 Å². The van der Waals surface area contributed by atoms with Gasteiger partial charge in [0.25, 0.3) is 0 Å². The third kappa shape index (κ3) is 4.38. The summed E-state index contributed by atoms with van der Waals surface area (Å²) >= 11 is 0. The van der Waals surface area contributed by atoms with Gasteiger partial charge in [-0.3, -0.25) is 0 Å². The lowest BCUT2D eigenvalue weighted by Gasteiger charge is -2.18. The molecular formula is C26H31ClN4O3. The highest BCUT2D eigenvalue weighted by atomic mass is 35.5. The van der Waals surface area contributed by atoms with Crippen LogP contribution in [0.1, 0.15) is 50.0 Å². The second-order valence-corrected chi connectivity index (χ2v) is 8.87. The fourth-order valence-corrected chi connectivity index (χ4v) is 4.75. The lowest BCUT2D eigenvalue weighted by molar-refractivity contribution is 0.355. The molecule has 5 rings (SSSR count). The number of piperidine rings is 1. The Hall–Kier alpha value is -3.03. The zero-order valence-electron chi connectivity index (χ0n) is 20.0. The first-order valence-corrected chi connectivity index (χ1v) is 11.5. The van der Waals surface area contributed by atoms with E-state index < -0.39 is 0 Å². The molecule has 2 aromatic carbocycles. The number of nitrogens with one attached hydrogen (secondary N) is 2. The first-order valence-electron chi connectivity index (χ1n) is 11.5. The molecule has 0 spiro atoms. The molecule has 1 aliphatic heterocycles. The number of fused-ring (bicyclic) bond motifs is 1. The summed E-state index contributed by atoms with van der Waals surface area (Å²) < 4.78 is 17.1.